The largest absolute Gasteiger partial charge is 0.462 e. The Kier molecular flexibility index (Phi) is 7.45. The molecule has 0 aromatic heterocycles. The average molecular weight is 429 g/mol. The van der Waals surface area contributed by atoms with Gasteiger partial charge >= 0.3 is 5.97 Å². The van der Waals surface area contributed by atoms with Crippen molar-refractivity contribution in [2.24, 2.45) is 0 Å². The van der Waals surface area contributed by atoms with Crippen molar-refractivity contribution >= 4 is 35.2 Å². The summed E-state index contributed by atoms with van der Waals surface area (Å²) in [7, 11) is 0. The fraction of sp³-hybridized carbons (Fsp3) is 0.286. The molecule has 3 atom stereocenters. The number of amides is 2. The van der Waals surface area contributed by atoms with Crippen LogP contribution in [-0.2, 0) is 14.3 Å². The van der Waals surface area contributed by atoms with E-state index >= 15 is 0 Å². The zero-order valence-corrected chi connectivity index (χ0v) is 17.1. The molecule has 30 heavy (non-hydrogen) atoms. The molecule has 0 radical (unpaired) electrons. The van der Waals surface area contributed by atoms with Gasteiger partial charge in [0.25, 0.3) is 0 Å². The smallest absolute Gasteiger partial charge is 0.338 e. The normalized spacial score (nSPS) is 20.9. The highest BCUT2D eigenvalue weighted by Gasteiger charge is 2.36. The molecule has 1 saturated heterocycles. The molecular formula is C21H23N3O5S. The van der Waals surface area contributed by atoms with Crippen LogP contribution in [0.4, 0.5) is 5.69 Å². The van der Waals surface area contributed by atoms with E-state index in [0.717, 1.165) is 11.8 Å². The molecular weight excluding hydrogens is 406 g/mol. The molecule has 1 fully saturated rings. The second-order valence-corrected chi connectivity index (χ2v) is 7.64. The van der Waals surface area contributed by atoms with Crippen molar-refractivity contribution < 1.29 is 24.2 Å². The van der Waals surface area contributed by atoms with Crippen LogP contribution < -0.4 is 16.0 Å². The van der Waals surface area contributed by atoms with Gasteiger partial charge in [-0.15, -0.1) is 11.8 Å². The van der Waals surface area contributed by atoms with Crippen molar-refractivity contribution in [3.63, 3.8) is 0 Å². The molecule has 3 unspecified atom stereocenters. The molecule has 1 aliphatic rings. The van der Waals surface area contributed by atoms with E-state index in [1.807, 2.05) is 6.07 Å². The van der Waals surface area contributed by atoms with Crippen LogP contribution in [0.2, 0.25) is 0 Å². The van der Waals surface area contributed by atoms with Crippen molar-refractivity contribution in [1.29, 1.82) is 0 Å². The van der Waals surface area contributed by atoms with E-state index in [-0.39, 0.29) is 17.6 Å². The minimum absolute atomic E-state index is 0.0559. The number of benzene rings is 2. The Labute approximate surface area is 178 Å². The first-order valence-electron chi connectivity index (χ1n) is 9.46. The fourth-order valence-corrected chi connectivity index (χ4v) is 3.82. The minimum atomic E-state index is -1.06. The van der Waals surface area contributed by atoms with Crippen molar-refractivity contribution in [2.45, 2.75) is 24.6 Å². The maximum atomic E-state index is 12.4. The second kappa shape index (κ2) is 10.2. The zero-order valence-electron chi connectivity index (χ0n) is 16.3. The van der Waals surface area contributed by atoms with E-state index in [9.17, 15) is 19.5 Å². The van der Waals surface area contributed by atoms with Crippen LogP contribution in [-0.4, -0.2) is 47.0 Å². The average Bonchev–Trinajstić information content (AvgIpc) is 2.73. The number of esters is 1. The quantitative estimate of drug-likeness (QED) is 0.495. The van der Waals surface area contributed by atoms with E-state index in [4.69, 9.17) is 4.74 Å². The third kappa shape index (κ3) is 5.59. The Hall–Kier alpha value is -2.88. The molecule has 8 nitrogen and oxygen atoms in total. The summed E-state index contributed by atoms with van der Waals surface area (Å²) in [6.07, 6.45) is -1.06. The Balaban J connectivity index is 1.48. The highest BCUT2D eigenvalue weighted by atomic mass is 32.2. The molecule has 9 heteroatoms. The molecule has 2 aromatic rings. The third-order valence-corrected chi connectivity index (χ3v) is 5.43. The lowest BCUT2D eigenvalue weighted by Gasteiger charge is -2.34. The number of nitrogens with one attached hydrogen (secondary N) is 3. The van der Waals surface area contributed by atoms with Crippen LogP contribution in [0.3, 0.4) is 0 Å². The number of anilines is 1. The monoisotopic (exact) mass is 429 g/mol. The van der Waals surface area contributed by atoms with Crippen LogP contribution in [0.5, 0.6) is 0 Å². The van der Waals surface area contributed by atoms with E-state index < -0.39 is 23.6 Å². The van der Waals surface area contributed by atoms with Gasteiger partial charge in [0.05, 0.1) is 17.9 Å². The molecule has 0 bridgehead atoms. The number of ether oxygens (including phenoxy) is 1. The van der Waals surface area contributed by atoms with Crippen LogP contribution in [0, 0.1) is 0 Å². The summed E-state index contributed by atoms with van der Waals surface area (Å²) in [6, 6.07) is 15.4. The van der Waals surface area contributed by atoms with Gasteiger partial charge in [-0.05, 0) is 36.8 Å². The fourth-order valence-electron chi connectivity index (χ4n) is 3.00. The number of hydrogen-bond acceptors (Lipinski definition) is 7. The third-order valence-electron chi connectivity index (χ3n) is 4.41. The van der Waals surface area contributed by atoms with Crippen molar-refractivity contribution in [1.82, 2.24) is 10.6 Å². The van der Waals surface area contributed by atoms with E-state index in [1.54, 1.807) is 55.5 Å². The van der Waals surface area contributed by atoms with Gasteiger partial charge in [-0.2, -0.15) is 0 Å². The van der Waals surface area contributed by atoms with Gasteiger partial charge in [0, 0.05) is 5.69 Å². The summed E-state index contributed by atoms with van der Waals surface area (Å²) >= 11 is 1.15. The number of carbonyl (C=O) groups excluding carboxylic acids is 3. The Morgan fingerprint density at radius 2 is 1.83 bits per heavy atom. The summed E-state index contributed by atoms with van der Waals surface area (Å²) in [6.45, 7) is 2.02. The Morgan fingerprint density at radius 1 is 1.13 bits per heavy atom. The highest BCUT2D eigenvalue weighted by molar-refractivity contribution is 8.00. The Bertz CT molecular complexity index is 891. The van der Waals surface area contributed by atoms with Crippen LogP contribution in [0.15, 0.2) is 54.6 Å². The van der Waals surface area contributed by atoms with E-state index in [2.05, 4.69) is 16.0 Å². The van der Waals surface area contributed by atoms with Crippen molar-refractivity contribution in [2.75, 3.05) is 17.7 Å². The number of thioether (sulfide) groups is 1. The molecule has 158 valence electrons. The van der Waals surface area contributed by atoms with Crippen LogP contribution in [0.1, 0.15) is 28.8 Å². The molecule has 2 amide bonds. The van der Waals surface area contributed by atoms with E-state index in [1.165, 1.54) is 0 Å². The first kappa shape index (κ1) is 21.8. The molecule has 4 N–H and O–H groups in total. The summed E-state index contributed by atoms with van der Waals surface area (Å²) in [5.41, 5.74) is 1.06. The Morgan fingerprint density at radius 3 is 2.47 bits per heavy atom. The molecule has 2 aromatic carbocycles. The highest BCUT2D eigenvalue weighted by Crippen LogP contribution is 2.24. The molecule has 1 aliphatic heterocycles. The topological polar surface area (TPSA) is 117 Å². The van der Waals surface area contributed by atoms with Crippen molar-refractivity contribution in [3.8, 4) is 0 Å². The number of carbonyl (C=O) groups is 3. The zero-order chi connectivity index (χ0) is 21.5. The summed E-state index contributed by atoms with van der Waals surface area (Å²) in [5.74, 6) is -1.66. The molecule has 3 rings (SSSR count). The van der Waals surface area contributed by atoms with Gasteiger partial charge in [-0.3, -0.25) is 14.9 Å². The molecule has 1 heterocycles. The predicted molar refractivity (Wildman–Crippen MR) is 114 cm³/mol. The predicted octanol–water partition coefficient (Wildman–Crippen LogP) is 1.64. The minimum Gasteiger partial charge on any atom is -0.462 e. The summed E-state index contributed by atoms with van der Waals surface area (Å²) in [4.78, 5) is 36.3. The number of hydrogen-bond donors (Lipinski definition) is 4. The molecule has 0 aliphatic carbocycles. The van der Waals surface area contributed by atoms with Crippen LogP contribution >= 0.6 is 11.8 Å². The maximum absolute atomic E-state index is 12.4. The van der Waals surface area contributed by atoms with Gasteiger partial charge in [0.15, 0.2) is 0 Å². The van der Waals surface area contributed by atoms with Gasteiger partial charge in [-0.1, -0.05) is 30.3 Å². The lowest BCUT2D eigenvalue weighted by atomic mass is 9.95. The van der Waals surface area contributed by atoms with Crippen molar-refractivity contribution in [3.05, 3.63) is 65.7 Å². The number of rotatable bonds is 7. The number of aliphatic hydroxyl groups excluding tert-OH is 1. The van der Waals surface area contributed by atoms with Gasteiger partial charge in [-0.25, -0.2) is 4.79 Å². The van der Waals surface area contributed by atoms with Crippen LogP contribution in [0.25, 0.3) is 0 Å². The first-order chi connectivity index (χ1) is 14.5. The summed E-state index contributed by atoms with van der Waals surface area (Å²) in [5, 5.41) is 18.7. The van der Waals surface area contributed by atoms with Gasteiger partial charge in [0.2, 0.25) is 11.8 Å². The second-order valence-electron chi connectivity index (χ2n) is 6.55. The first-order valence-corrected chi connectivity index (χ1v) is 10.5. The molecule has 0 saturated carbocycles. The standard InChI is InChI=1S/C21H23N3O5S/c1-2-29-20(28)14-8-10-15(11-9-14)22-16(25)12-30-21-23-18(26)17(19(27)24-21)13-6-4-3-5-7-13/h3-11,17-18,21,23,26H,2,12H2,1H3,(H,22,25)(H,24,27). The van der Waals surface area contributed by atoms with Gasteiger partial charge < -0.3 is 20.5 Å². The SMILES string of the molecule is CCOC(=O)c1ccc(NC(=O)CSC2NC(=O)C(c3ccccc3)C(O)N2)cc1. The maximum Gasteiger partial charge on any atom is 0.338 e. The molecule has 0 spiro atoms. The number of aliphatic hydroxyl groups is 1. The lowest BCUT2D eigenvalue weighted by molar-refractivity contribution is -0.129. The summed E-state index contributed by atoms with van der Waals surface area (Å²) < 4.78 is 4.92. The van der Waals surface area contributed by atoms with E-state index in [0.29, 0.717) is 23.4 Å². The van der Waals surface area contributed by atoms with Gasteiger partial charge in [0.1, 0.15) is 17.6 Å². The lowest BCUT2D eigenvalue weighted by Crippen LogP contribution is -2.59.